The van der Waals surface area contributed by atoms with Gasteiger partial charge in [0.2, 0.25) is 0 Å². The van der Waals surface area contributed by atoms with Crippen LogP contribution in [0.1, 0.15) is 23.8 Å². The van der Waals surface area contributed by atoms with Crippen LogP contribution in [0, 0.1) is 0 Å². The molecule has 1 heterocycles. The molecule has 1 N–H and O–H groups in total. The third-order valence-corrected chi connectivity index (χ3v) is 3.97. The van der Waals surface area contributed by atoms with E-state index in [9.17, 15) is 9.59 Å². The summed E-state index contributed by atoms with van der Waals surface area (Å²) in [5, 5.41) is 8.47. The van der Waals surface area contributed by atoms with E-state index in [0.717, 1.165) is 6.42 Å². The first-order chi connectivity index (χ1) is 11.6. The molecule has 0 bridgehead atoms. The van der Waals surface area contributed by atoms with Gasteiger partial charge in [-0.3, -0.25) is 9.59 Å². The zero-order valence-electron chi connectivity index (χ0n) is 13.1. The number of carbonyl (C=O) groups excluding carboxylic acids is 1. The molecule has 2 aromatic carbocycles. The lowest BCUT2D eigenvalue weighted by atomic mass is 10.1. The molecule has 1 amide bonds. The van der Waals surface area contributed by atoms with E-state index in [1.54, 1.807) is 48.5 Å². The number of hydrogen-bond acceptors (Lipinski definition) is 3. The first-order valence-corrected chi connectivity index (χ1v) is 8.05. The van der Waals surface area contributed by atoms with Crippen molar-refractivity contribution in [1.82, 2.24) is 9.78 Å². The van der Waals surface area contributed by atoms with Crippen LogP contribution >= 0.6 is 11.6 Å². The van der Waals surface area contributed by atoms with Crippen LogP contribution in [0.15, 0.2) is 53.3 Å². The van der Waals surface area contributed by atoms with Gasteiger partial charge in [-0.2, -0.15) is 5.10 Å². The smallest absolute Gasteiger partial charge is 0.276 e. The van der Waals surface area contributed by atoms with E-state index in [4.69, 9.17) is 11.6 Å². The van der Waals surface area contributed by atoms with Gasteiger partial charge in [-0.25, -0.2) is 4.68 Å². The number of rotatable bonds is 4. The fraction of sp³-hybridized carbons (Fsp3) is 0.167. The molecular weight excluding hydrogens is 326 g/mol. The number of hydrogen-bond donors (Lipinski definition) is 1. The summed E-state index contributed by atoms with van der Waals surface area (Å²) in [7, 11) is 0. The zero-order chi connectivity index (χ0) is 17.1. The Morgan fingerprint density at radius 1 is 1.12 bits per heavy atom. The molecule has 0 atom stereocenters. The van der Waals surface area contributed by atoms with Crippen LogP contribution in [0.3, 0.4) is 0 Å². The fourth-order valence-corrected chi connectivity index (χ4v) is 2.69. The third kappa shape index (κ3) is 3.03. The molecule has 0 radical (unpaired) electrons. The average Bonchev–Trinajstić information content (AvgIpc) is 2.59. The molecule has 0 spiro atoms. The Labute approximate surface area is 143 Å². The standard InChI is InChI=1S/C18H16ClN3O2/c1-2-11-22-18(24)13-8-4-3-7-12(13)16(21-22)17(23)20-15-10-6-5-9-14(15)19/h3-10H,2,11H2,1H3,(H,20,23). The van der Waals surface area contributed by atoms with E-state index in [-0.39, 0.29) is 11.3 Å². The van der Waals surface area contributed by atoms with Gasteiger partial charge in [0.25, 0.3) is 11.5 Å². The Balaban J connectivity index is 2.11. The van der Waals surface area contributed by atoms with Crippen LogP contribution in [-0.2, 0) is 6.54 Å². The highest BCUT2D eigenvalue weighted by Gasteiger charge is 2.17. The SMILES string of the molecule is CCCn1nc(C(=O)Nc2ccccc2Cl)c2ccccc2c1=O. The second kappa shape index (κ2) is 6.84. The number of aryl methyl sites for hydroxylation is 1. The molecule has 0 fully saturated rings. The van der Waals surface area contributed by atoms with Crippen LogP contribution in [0.25, 0.3) is 10.8 Å². The Morgan fingerprint density at radius 3 is 2.50 bits per heavy atom. The van der Waals surface area contributed by atoms with Gasteiger partial charge in [-0.05, 0) is 24.6 Å². The molecule has 5 nitrogen and oxygen atoms in total. The third-order valence-electron chi connectivity index (χ3n) is 3.64. The molecule has 0 saturated carbocycles. The summed E-state index contributed by atoms with van der Waals surface area (Å²) in [6, 6.07) is 14.0. The molecular formula is C18H16ClN3O2. The summed E-state index contributed by atoms with van der Waals surface area (Å²) >= 11 is 6.09. The molecule has 0 saturated heterocycles. The maximum absolute atomic E-state index is 12.7. The van der Waals surface area contributed by atoms with Crippen molar-refractivity contribution in [2.75, 3.05) is 5.32 Å². The highest BCUT2D eigenvalue weighted by molar-refractivity contribution is 6.34. The summed E-state index contributed by atoms with van der Waals surface area (Å²) < 4.78 is 1.34. The first kappa shape index (κ1) is 16.2. The molecule has 6 heteroatoms. The van der Waals surface area contributed by atoms with Crippen molar-refractivity contribution in [3.05, 3.63) is 69.6 Å². The minimum atomic E-state index is -0.399. The van der Waals surface area contributed by atoms with E-state index >= 15 is 0 Å². The van der Waals surface area contributed by atoms with Crippen LogP contribution in [0.4, 0.5) is 5.69 Å². The van der Waals surface area contributed by atoms with Gasteiger partial charge < -0.3 is 5.32 Å². The molecule has 24 heavy (non-hydrogen) atoms. The summed E-state index contributed by atoms with van der Waals surface area (Å²) in [6.45, 7) is 2.41. The summed E-state index contributed by atoms with van der Waals surface area (Å²) in [6.07, 6.45) is 0.747. The van der Waals surface area contributed by atoms with E-state index in [2.05, 4.69) is 10.4 Å². The van der Waals surface area contributed by atoms with E-state index in [1.807, 2.05) is 6.92 Å². The maximum atomic E-state index is 12.7. The van der Waals surface area contributed by atoms with Gasteiger partial charge in [0.1, 0.15) is 0 Å². The maximum Gasteiger partial charge on any atom is 0.276 e. The number of carbonyl (C=O) groups is 1. The van der Waals surface area contributed by atoms with Crippen LogP contribution in [0.2, 0.25) is 5.02 Å². The van der Waals surface area contributed by atoms with Crippen molar-refractivity contribution in [3.63, 3.8) is 0 Å². The lowest BCUT2D eigenvalue weighted by Gasteiger charge is -2.11. The van der Waals surface area contributed by atoms with Gasteiger partial charge in [0, 0.05) is 11.9 Å². The second-order valence-electron chi connectivity index (χ2n) is 5.36. The van der Waals surface area contributed by atoms with Crippen molar-refractivity contribution in [1.29, 1.82) is 0 Å². The normalized spacial score (nSPS) is 10.8. The van der Waals surface area contributed by atoms with Crippen molar-refractivity contribution in [3.8, 4) is 0 Å². The Bertz CT molecular complexity index is 966. The van der Waals surface area contributed by atoms with Crippen LogP contribution in [0.5, 0.6) is 0 Å². The first-order valence-electron chi connectivity index (χ1n) is 7.67. The quantitative estimate of drug-likeness (QED) is 0.786. The number of amides is 1. The summed E-state index contributed by atoms with van der Waals surface area (Å²) in [5.74, 6) is -0.399. The topological polar surface area (TPSA) is 64.0 Å². The minimum Gasteiger partial charge on any atom is -0.319 e. The molecule has 1 aromatic heterocycles. The lowest BCUT2D eigenvalue weighted by Crippen LogP contribution is -2.27. The molecule has 3 rings (SSSR count). The van der Waals surface area contributed by atoms with Gasteiger partial charge in [-0.15, -0.1) is 0 Å². The number of benzene rings is 2. The van der Waals surface area contributed by atoms with E-state index in [1.165, 1.54) is 4.68 Å². The molecule has 0 unspecified atom stereocenters. The van der Waals surface area contributed by atoms with E-state index < -0.39 is 5.91 Å². The highest BCUT2D eigenvalue weighted by atomic mass is 35.5. The van der Waals surface area contributed by atoms with Crippen molar-refractivity contribution in [2.24, 2.45) is 0 Å². The number of nitrogens with one attached hydrogen (secondary N) is 1. The predicted molar refractivity (Wildman–Crippen MR) is 95.7 cm³/mol. The molecule has 0 aliphatic carbocycles. The minimum absolute atomic E-state index is 0.193. The zero-order valence-corrected chi connectivity index (χ0v) is 13.9. The summed E-state index contributed by atoms with van der Waals surface area (Å²) in [5.41, 5.74) is 0.517. The van der Waals surface area contributed by atoms with Crippen molar-refractivity contribution >= 4 is 34.0 Å². The summed E-state index contributed by atoms with van der Waals surface area (Å²) in [4.78, 5) is 25.2. The van der Waals surface area contributed by atoms with Crippen LogP contribution < -0.4 is 10.9 Å². The molecule has 3 aromatic rings. The van der Waals surface area contributed by atoms with Gasteiger partial charge in [0.05, 0.1) is 16.1 Å². The van der Waals surface area contributed by atoms with E-state index in [0.29, 0.717) is 28.0 Å². The number of anilines is 1. The second-order valence-corrected chi connectivity index (χ2v) is 5.76. The lowest BCUT2D eigenvalue weighted by molar-refractivity contribution is 0.102. The number of aromatic nitrogens is 2. The van der Waals surface area contributed by atoms with Crippen molar-refractivity contribution in [2.45, 2.75) is 19.9 Å². The van der Waals surface area contributed by atoms with Crippen molar-refractivity contribution < 1.29 is 4.79 Å². The Morgan fingerprint density at radius 2 is 1.79 bits per heavy atom. The average molecular weight is 342 g/mol. The largest absolute Gasteiger partial charge is 0.319 e. The predicted octanol–water partition coefficient (Wildman–Crippen LogP) is 3.71. The Hall–Kier alpha value is -2.66. The molecule has 0 aliphatic heterocycles. The number of halogens is 1. The molecule has 0 aliphatic rings. The number of fused-ring (bicyclic) bond motifs is 1. The number of nitrogens with zero attached hydrogens (tertiary/aromatic N) is 2. The Kier molecular flexibility index (Phi) is 4.62. The van der Waals surface area contributed by atoms with Gasteiger partial charge in [-0.1, -0.05) is 48.9 Å². The van der Waals surface area contributed by atoms with Gasteiger partial charge in [0.15, 0.2) is 5.69 Å². The number of para-hydroxylation sites is 1. The molecule has 122 valence electrons. The highest BCUT2D eigenvalue weighted by Crippen LogP contribution is 2.22. The fourth-order valence-electron chi connectivity index (χ4n) is 2.51. The van der Waals surface area contributed by atoms with Gasteiger partial charge >= 0.3 is 0 Å². The van der Waals surface area contributed by atoms with Crippen LogP contribution in [-0.4, -0.2) is 15.7 Å². The monoisotopic (exact) mass is 341 g/mol.